The van der Waals surface area contributed by atoms with Crippen molar-refractivity contribution in [1.29, 1.82) is 0 Å². The van der Waals surface area contributed by atoms with E-state index in [1.165, 1.54) is 29.9 Å². The Morgan fingerprint density at radius 3 is 1.76 bits per heavy atom. The van der Waals surface area contributed by atoms with Crippen LogP contribution in [-0.4, -0.2) is 13.1 Å². The molecule has 1 aromatic rings. The maximum atomic E-state index is 11.4. The van der Waals surface area contributed by atoms with Crippen molar-refractivity contribution in [2.24, 2.45) is 0 Å². The molecule has 21 heavy (non-hydrogen) atoms. The number of esters is 1. The minimum Gasteiger partial charge on any atom is -0.466 e. The highest BCUT2D eigenvalue weighted by Crippen LogP contribution is 2.32. The first-order valence-corrected chi connectivity index (χ1v) is 7.71. The molecule has 0 spiro atoms. The molecule has 0 aliphatic heterocycles. The molecule has 0 saturated heterocycles. The second kappa shape index (κ2) is 7.44. The number of benzene rings is 1. The summed E-state index contributed by atoms with van der Waals surface area (Å²) in [4.78, 5) is 11.4. The van der Waals surface area contributed by atoms with E-state index in [1.807, 2.05) is 6.08 Å². The van der Waals surface area contributed by atoms with Gasteiger partial charge in [-0.3, -0.25) is 0 Å². The van der Waals surface area contributed by atoms with Gasteiger partial charge in [0.15, 0.2) is 0 Å². The molecule has 2 heteroatoms. The molecular weight excluding hydrogens is 260 g/mol. The fraction of sp³-hybridized carbons (Fsp3) is 0.526. The second-order valence-electron chi connectivity index (χ2n) is 6.43. The summed E-state index contributed by atoms with van der Waals surface area (Å²) in [6.07, 6.45) is 3.42. The van der Waals surface area contributed by atoms with Crippen molar-refractivity contribution in [3.8, 4) is 0 Å². The van der Waals surface area contributed by atoms with Gasteiger partial charge in [0.25, 0.3) is 0 Å². The van der Waals surface area contributed by atoms with E-state index in [-0.39, 0.29) is 5.97 Å². The van der Waals surface area contributed by atoms with E-state index < -0.39 is 0 Å². The van der Waals surface area contributed by atoms with Gasteiger partial charge in [-0.1, -0.05) is 53.7 Å². The van der Waals surface area contributed by atoms with Crippen molar-refractivity contribution in [3.63, 3.8) is 0 Å². The Balaban J connectivity index is 3.49. The highest BCUT2D eigenvalue weighted by Gasteiger charge is 2.15. The minimum atomic E-state index is -0.313. The van der Waals surface area contributed by atoms with Crippen LogP contribution in [0.2, 0.25) is 0 Å². The summed E-state index contributed by atoms with van der Waals surface area (Å²) >= 11 is 0. The van der Waals surface area contributed by atoms with Crippen LogP contribution in [-0.2, 0) is 9.53 Å². The molecule has 0 amide bonds. The second-order valence-corrected chi connectivity index (χ2v) is 6.43. The lowest BCUT2D eigenvalue weighted by Crippen LogP contribution is -2.04. The van der Waals surface area contributed by atoms with Crippen LogP contribution in [0.5, 0.6) is 0 Å². The predicted molar refractivity (Wildman–Crippen MR) is 89.8 cm³/mol. The van der Waals surface area contributed by atoms with Gasteiger partial charge in [-0.05, 0) is 46.1 Å². The van der Waals surface area contributed by atoms with Crippen LogP contribution in [0, 0.1) is 0 Å². The Labute approximate surface area is 129 Å². The lowest BCUT2D eigenvalue weighted by molar-refractivity contribution is -0.134. The van der Waals surface area contributed by atoms with Crippen LogP contribution < -0.4 is 0 Å². The topological polar surface area (TPSA) is 26.3 Å². The molecule has 1 aromatic carbocycles. The Morgan fingerprint density at radius 1 is 0.952 bits per heavy atom. The van der Waals surface area contributed by atoms with Crippen molar-refractivity contribution in [3.05, 3.63) is 40.5 Å². The van der Waals surface area contributed by atoms with Crippen LogP contribution in [0.15, 0.2) is 18.2 Å². The summed E-state index contributed by atoms with van der Waals surface area (Å²) in [5.74, 6) is 1.02. The molecule has 0 radical (unpaired) electrons. The van der Waals surface area contributed by atoms with E-state index in [9.17, 15) is 4.79 Å². The molecule has 1 rings (SSSR count). The fourth-order valence-electron chi connectivity index (χ4n) is 2.42. The van der Waals surface area contributed by atoms with Gasteiger partial charge in [0, 0.05) is 6.08 Å². The van der Waals surface area contributed by atoms with Crippen molar-refractivity contribution in [2.45, 2.75) is 59.3 Å². The van der Waals surface area contributed by atoms with Crippen molar-refractivity contribution in [1.82, 2.24) is 0 Å². The van der Waals surface area contributed by atoms with Gasteiger partial charge in [0.2, 0.25) is 0 Å². The molecule has 0 fully saturated rings. The summed E-state index contributed by atoms with van der Waals surface area (Å²) in [6.45, 7) is 13.2. The molecule has 0 aliphatic rings. The molecule has 0 unspecified atom stereocenters. The number of ether oxygens (including phenoxy) is 1. The molecule has 0 aromatic heterocycles. The average Bonchev–Trinajstić information content (AvgIpc) is 2.43. The molecule has 0 saturated carbocycles. The van der Waals surface area contributed by atoms with Crippen LogP contribution >= 0.6 is 0 Å². The number of methoxy groups -OCH3 is 1. The van der Waals surface area contributed by atoms with Gasteiger partial charge in [-0.25, -0.2) is 4.79 Å². The third kappa shape index (κ3) is 4.45. The summed E-state index contributed by atoms with van der Waals surface area (Å²) in [7, 11) is 1.40. The largest absolute Gasteiger partial charge is 0.466 e. The minimum absolute atomic E-state index is 0.313. The van der Waals surface area contributed by atoms with Crippen molar-refractivity contribution < 1.29 is 9.53 Å². The molecule has 116 valence electrons. The van der Waals surface area contributed by atoms with E-state index in [0.717, 1.165) is 5.56 Å². The van der Waals surface area contributed by atoms with E-state index in [0.29, 0.717) is 17.8 Å². The van der Waals surface area contributed by atoms with Crippen LogP contribution in [0.3, 0.4) is 0 Å². The number of carbonyl (C=O) groups is 1. The van der Waals surface area contributed by atoms with Crippen molar-refractivity contribution >= 4 is 12.0 Å². The number of hydrogen-bond acceptors (Lipinski definition) is 2. The lowest BCUT2D eigenvalue weighted by Gasteiger charge is -2.21. The smallest absolute Gasteiger partial charge is 0.330 e. The maximum absolute atomic E-state index is 11.4. The average molecular weight is 288 g/mol. The summed E-state index contributed by atoms with van der Waals surface area (Å²) in [6, 6.07) is 4.55. The van der Waals surface area contributed by atoms with E-state index >= 15 is 0 Å². The molecule has 2 nitrogen and oxygen atoms in total. The summed E-state index contributed by atoms with van der Waals surface area (Å²) in [5.41, 5.74) is 5.11. The summed E-state index contributed by atoms with van der Waals surface area (Å²) < 4.78 is 4.71. The first-order valence-electron chi connectivity index (χ1n) is 7.71. The number of hydrogen-bond donors (Lipinski definition) is 0. The highest BCUT2D eigenvalue weighted by atomic mass is 16.5. The number of carbonyl (C=O) groups excluding carboxylic acids is 1. The van der Waals surface area contributed by atoms with Gasteiger partial charge >= 0.3 is 5.97 Å². The Hall–Kier alpha value is -1.57. The lowest BCUT2D eigenvalue weighted by atomic mass is 9.84. The van der Waals surface area contributed by atoms with Crippen LogP contribution in [0.1, 0.15) is 81.5 Å². The third-order valence-electron chi connectivity index (χ3n) is 3.76. The first kappa shape index (κ1) is 17.5. The SMILES string of the molecule is COC(=O)C=Cc1c(C(C)C)cc(C(C)C)cc1C(C)C. The van der Waals surface area contributed by atoms with E-state index in [4.69, 9.17) is 4.74 Å². The van der Waals surface area contributed by atoms with Crippen molar-refractivity contribution in [2.75, 3.05) is 7.11 Å². The number of rotatable bonds is 5. The van der Waals surface area contributed by atoms with Gasteiger partial charge in [0.05, 0.1) is 7.11 Å². The molecule has 0 atom stereocenters. The van der Waals surface area contributed by atoms with Gasteiger partial charge < -0.3 is 4.74 Å². The Morgan fingerprint density at radius 2 is 1.43 bits per heavy atom. The zero-order valence-corrected chi connectivity index (χ0v) is 14.4. The highest BCUT2D eigenvalue weighted by molar-refractivity contribution is 5.87. The summed E-state index contributed by atoms with van der Waals surface area (Å²) in [5, 5.41) is 0. The van der Waals surface area contributed by atoms with Gasteiger partial charge in [-0.15, -0.1) is 0 Å². The molecular formula is C19H28O2. The van der Waals surface area contributed by atoms with Gasteiger partial charge in [-0.2, -0.15) is 0 Å². The zero-order chi connectivity index (χ0) is 16.2. The van der Waals surface area contributed by atoms with Crippen LogP contribution in [0.4, 0.5) is 0 Å². The quantitative estimate of drug-likeness (QED) is 0.547. The monoisotopic (exact) mass is 288 g/mol. The van der Waals surface area contributed by atoms with Crippen LogP contribution in [0.25, 0.3) is 6.08 Å². The molecule has 0 bridgehead atoms. The first-order chi connectivity index (χ1) is 9.77. The maximum Gasteiger partial charge on any atom is 0.330 e. The fourth-order valence-corrected chi connectivity index (χ4v) is 2.42. The third-order valence-corrected chi connectivity index (χ3v) is 3.76. The Bertz CT molecular complexity index is 493. The van der Waals surface area contributed by atoms with E-state index in [2.05, 4.69) is 53.7 Å². The normalized spacial score (nSPS) is 11.9. The molecule has 0 N–H and O–H groups in total. The Kier molecular flexibility index (Phi) is 6.19. The molecule has 0 heterocycles. The van der Waals surface area contributed by atoms with Gasteiger partial charge in [0.1, 0.15) is 0 Å². The predicted octanol–water partition coefficient (Wildman–Crippen LogP) is 5.24. The zero-order valence-electron chi connectivity index (χ0n) is 14.4. The standard InChI is InChI=1S/C19H28O2/c1-12(2)15-10-17(13(3)4)16(8-9-19(20)21-7)18(11-15)14(5)6/h8-14H,1-7H3. The molecule has 0 aliphatic carbocycles. The van der Waals surface area contributed by atoms with E-state index in [1.54, 1.807) is 0 Å².